The fourth-order valence-electron chi connectivity index (χ4n) is 2.89. The maximum absolute atomic E-state index is 5.42. The average molecular weight is 287 g/mol. The Morgan fingerprint density at radius 1 is 1.24 bits per heavy atom. The Morgan fingerprint density at radius 2 is 2.00 bits per heavy atom. The lowest BCUT2D eigenvalue weighted by Crippen LogP contribution is -2.49. The predicted molar refractivity (Wildman–Crippen MR) is 84.5 cm³/mol. The molecule has 0 amide bonds. The van der Waals surface area contributed by atoms with Gasteiger partial charge in [0.2, 0.25) is 0 Å². The number of pyridine rings is 1. The van der Waals surface area contributed by atoms with Gasteiger partial charge in [0.25, 0.3) is 0 Å². The molecule has 0 aliphatic carbocycles. The lowest BCUT2D eigenvalue weighted by molar-refractivity contribution is 0.356. The van der Waals surface area contributed by atoms with Crippen LogP contribution in [0.5, 0.6) is 11.5 Å². The number of anilines is 1. The number of methoxy groups -OCH3 is 2. The molecule has 3 rings (SSSR count). The van der Waals surface area contributed by atoms with Gasteiger partial charge in [0.15, 0.2) is 11.5 Å². The van der Waals surface area contributed by atoms with Crippen LogP contribution in [-0.4, -0.2) is 44.9 Å². The third kappa shape index (κ3) is 2.61. The molecule has 0 radical (unpaired) electrons. The van der Waals surface area contributed by atoms with Crippen molar-refractivity contribution in [2.75, 3.05) is 38.8 Å². The molecule has 2 aromatic rings. The van der Waals surface area contributed by atoms with E-state index in [0.29, 0.717) is 11.8 Å². The van der Waals surface area contributed by atoms with Crippen LogP contribution in [0.25, 0.3) is 10.9 Å². The lowest BCUT2D eigenvalue weighted by atomic mass is 10.1. The van der Waals surface area contributed by atoms with Gasteiger partial charge in [0.1, 0.15) is 0 Å². The smallest absolute Gasteiger partial charge is 0.162 e. The summed E-state index contributed by atoms with van der Waals surface area (Å²) in [6.45, 7) is 5.20. The summed E-state index contributed by atoms with van der Waals surface area (Å²) in [5.41, 5.74) is 2.13. The number of nitrogens with one attached hydrogen (secondary N) is 1. The molecule has 2 heterocycles. The minimum atomic E-state index is 0.488. The van der Waals surface area contributed by atoms with Gasteiger partial charge in [-0.15, -0.1) is 0 Å². The minimum Gasteiger partial charge on any atom is -0.493 e. The van der Waals surface area contributed by atoms with Crippen molar-refractivity contribution in [3.8, 4) is 11.5 Å². The third-order valence-electron chi connectivity index (χ3n) is 3.93. The maximum atomic E-state index is 5.42. The van der Waals surface area contributed by atoms with Gasteiger partial charge in [0.05, 0.1) is 19.7 Å². The Labute approximate surface area is 124 Å². The van der Waals surface area contributed by atoms with E-state index in [-0.39, 0.29) is 0 Å². The lowest BCUT2D eigenvalue weighted by Gasteiger charge is -2.34. The number of aromatic nitrogens is 1. The van der Waals surface area contributed by atoms with E-state index < -0.39 is 0 Å². The molecular weight excluding hydrogens is 266 g/mol. The largest absolute Gasteiger partial charge is 0.493 e. The van der Waals surface area contributed by atoms with E-state index in [1.165, 1.54) is 5.69 Å². The quantitative estimate of drug-likeness (QED) is 0.936. The van der Waals surface area contributed by atoms with Crippen LogP contribution < -0.4 is 19.7 Å². The van der Waals surface area contributed by atoms with Gasteiger partial charge >= 0.3 is 0 Å². The van der Waals surface area contributed by atoms with E-state index in [0.717, 1.165) is 36.3 Å². The van der Waals surface area contributed by atoms with Crippen molar-refractivity contribution < 1.29 is 9.47 Å². The zero-order chi connectivity index (χ0) is 14.8. The molecule has 1 atom stereocenters. The van der Waals surface area contributed by atoms with Gasteiger partial charge in [0, 0.05) is 49.0 Å². The number of ether oxygens (including phenoxy) is 2. The summed E-state index contributed by atoms with van der Waals surface area (Å²) in [5, 5.41) is 4.57. The number of hydrogen-bond acceptors (Lipinski definition) is 5. The number of hydrogen-bond donors (Lipinski definition) is 1. The van der Waals surface area contributed by atoms with Crippen LogP contribution in [0.2, 0.25) is 0 Å². The number of nitrogens with zero attached hydrogens (tertiary/aromatic N) is 2. The van der Waals surface area contributed by atoms with Crippen molar-refractivity contribution in [2.24, 2.45) is 0 Å². The molecule has 0 spiro atoms. The SMILES string of the molecule is COc1cc2nccc(N3CCN[C@H](C)C3)c2cc1OC. The Balaban J connectivity index is 2.10. The highest BCUT2D eigenvalue weighted by atomic mass is 16.5. The van der Waals surface area contributed by atoms with E-state index in [1.807, 2.05) is 18.3 Å². The first kappa shape index (κ1) is 13.9. The molecule has 5 heteroatoms. The average Bonchev–Trinajstić information content (AvgIpc) is 2.52. The van der Waals surface area contributed by atoms with E-state index >= 15 is 0 Å². The molecule has 0 bridgehead atoms. The second-order valence-electron chi connectivity index (χ2n) is 5.36. The molecule has 21 heavy (non-hydrogen) atoms. The van der Waals surface area contributed by atoms with Crippen molar-refractivity contribution >= 4 is 16.6 Å². The highest BCUT2D eigenvalue weighted by Gasteiger charge is 2.19. The van der Waals surface area contributed by atoms with Gasteiger partial charge in [-0.3, -0.25) is 4.98 Å². The molecule has 0 saturated carbocycles. The van der Waals surface area contributed by atoms with Crippen molar-refractivity contribution in [1.82, 2.24) is 10.3 Å². The molecule has 112 valence electrons. The van der Waals surface area contributed by atoms with Gasteiger partial charge in [-0.25, -0.2) is 0 Å². The molecule has 1 fully saturated rings. The fraction of sp³-hybridized carbons (Fsp3) is 0.438. The number of benzene rings is 1. The van der Waals surface area contributed by atoms with Crippen LogP contribution in [0, 0.1) is 0 Å². The second kappa shape index (κ2) is 5.77. The zero-order valence-electron chi connectivity index (χ0n) is 12.7. The Hall–Kier alpha value is -2.01. The number of rotatable bonds is 3. The maximum Gasteiger partial charge on any atom is 0.162 e. The van der Waals surface area contributed by atoms with Crippen molar-refractivity contribution in [2.45, 2.75) is 13.0 Å². The molecular formula is C16H21N3O2. The van der Waals surface area contributed by atoms with Gasteiger partial charge in [-0.05, 0) is 19.1 Å². The van der Waals surface area contributed by atoms with Crippen LogP contribution in [0.1, 0.15) is 6.92 Å². The molecule has 1 N–H and O–H groups in total. The van der Waals surface area contributed by atoms with E-state index in [9.17, 15) is 0 Å². The van der Waals surface area contributed by atoms with Crippen LogP contribution in [-0.2, 0) is 0 Å². The number of fused-ring (bicyclic) bond motifs is 1. The molecule has 1 aliphatic heterocycles. The normalized spacial score (nSPS) is 18.8. The van der Waals surface area contributed by atoms with E-state index in [1.54, 1.807) is 14.2 Å². The molecule has 5 nitrogen and oxygen atoms in total. The molecule has 0 unspecified atom stereocenters. The third-order valence-corrected chi connectivity index (χ3v) is 3.93. The Morgan fingerprint density at radius 3 is 2.71 bits per heavy atom. The first-order chi connectivity index (χ1) is 10.2. The standard InChI is InChI=1S/C16H21N3O2/c1-11-10-19(7-6-17-11)14-4-5-18-13-9-16(21-3)15(20-2)8-12(13)14/h4-5,8-9,11,17H,6-7,10H2,1-3H3/t11-/m1/s1. The fourth-order valence-corrected chi connectivity index (χ4v) is 2.89. The summed E-state index contributed by atoms with van der Waals surface area (Å²) in [6.07, 6.45) is 1.86. The molecule has 1 aromatic carbocycles. The second-order valence-corrected chi connectivity index (χ2v) is 5.36. The summed E-state index contributed by atoms with van der Waals surface area (Å²) in [6, 6.07) is 6.51. The van der Waals surface area contributed by atoms with Gasteiger partial charge < -0.3 is 19.7 Å². The van der Waals surface area contributed by atoms with Crippen LogP contribution in [0.4, 0.5) is 5.69 Å². The van der Waals surface area contributed by atoms with E-state index in [4.69, 9.17) is 9.47 Å². The van der Waals surface area contributed by atoms with Gasteiger partial charge in [-0.2, -0.15) is 0 Å². The Bertz CT molecular complexity index is 645. The van der Waals surface area contributed by atoms with Crippen molar-refractivity contribution in [1.29, 1.82) is 0 Å². The summed E-state index contributed by atoms with van der Waals surface area (Å²) in [4.78, 5) is 6.86. The van der Waals surface area contributed by atoms with Crippen molar-refractivity contribution in [3.05, 3.63) is 24.4 Å². The highest BCUT2D eigenvalue weighted by molar-refractivity contribution is 5.94. The Kier molecular flexibility index (Phi) is 3.84. The topological polar surface area (TPSA) is 46.6 Å². The van der Waals surface area contributed by atoms with Crippen LogP contribution >= 0.6 is 0 Å². The first-order valence-corrected chi connectivity index (χ1v) is 7.22. The summed E-state index contributed by atoms with van der Waals surface area (Å²) >= 11 is 0. The highest BCUT2D eigenvalue weighted by Crippen LogP contribution is 2.35. The summed E-state index contributed by atoms with van der Waals surface area (Å²) < 4.78 is 10.8. The monoisotopic (exact) mass is 287 g/mol. The predicted octanol–water partition coefficient (Wildman–Crippen LogP) is 2.05. The molecule has 1 saturated heterocycles. The molecule has 1 aliphatic rings. The summed E-state index contributed by atoms with van der Waals surface area (Å²) in [5.74, 6) is 1.45. The van der Waals surface area contributed by atoms with Crippen LogP contribution in [0.15, 0.2) is 24.4 Å². The zero-order valence-corrected chi connectivity index (χ0v) is 12.7. The first-order valence-electron chi connectivity index (χ1n) is 7.22. The number of piperazine rings is 1. The van der Waals surface area contributed by atoms with Gasteiger partial charge in [-0.1, -0.05) is 0 Å². The van der Waals surface area contributed by atoms with Crippen molar-refractivity contribution in [3.63, 3.8) is 0 Å². The minimum absolute atomic E-state index is 0.488. The molecule has 1 aromatic heterocycles. The van der Waals surface area contributed by atoms with E-state index in [2.05, 4.69) is 28.2 Å². The summed E-state index contributed by atoms with van der Waals surface area (Å²) in [7, 11) is 3.30. The van der Waals surface area contributed by atoms with Crippen LogP contribution in [0.3, 0.4) is 0 Å².